The smallest absolute Gasteiger partial charge is 0.172 e. The second kappa shape index (κ2) is 6.30. The first kappa shape index (κ1) is 14.2. The Kier molecular flexibility index (Phi) is 4.48. The summed E-state index contributed by atoms with van der Waals surface area (Å²) in [6.45, 7) is 0. The molecule has 0 saturated heterocycles. The predicted molar refractivity (Wildman–Crippen MR) is 75.5 cm³/mol. The monoisotopic (exact) mass is 289 g/mol. The van der Waals surface area contributed by atoms with Crippen LogP contribution in [0.3, 0.4) is 0 Å². The van der Waals surface area contributed by atoms with Gasteiger partial charge in [0.25, 0.3) is 0 Å². The zero-order valence-corrected chi connectivity index (χ0v) is 11.6. The minimum Gasteiger partial charge on any atom is -0.495 e. The first-order chi connectivity index (χ1) is 9.61. The topological polar surface area (TPSA) is 56.3 Å². The number of carbonyl (C=O) groups is 2. The van der Waals surface area contributed by atoms with Gasteiger partial charge in [0.2, 0.25) is 0 Å². The molecule has 5 heteroatoms. The molecule has 102 valence electrons. The molecule has 0 spiro atoms. The SMILES string of the molecule is COc1ccc(C(=O)CC(=O)c2cccnc2)cc1Cl. The van der Waals surface area contributed by atoms with Gasteiger partial charge < -0.3 is 4.74 Å². The molecule has 0 aliphatic heterocycles. The molecule has 0 N–H and O–H groups in total. The largest absolute Gasteiger partial charge is 0.495 e. The Bertz CT molecular complexity index is 641. The van der Waals surface area contributed by atoms with Gasteiger partial charge in [0.15, 0.2) is 11.6 Å². The zero-order chi connectivity index (χ0) is 14.5. The van der Waals surface area contributed by atoms with Crippen molar-refractivity contribution in [2.75, 3.05) is 7.11 Å². The van der Waals surface area contributed by atoms with Gasteiger partial charge in [-0.05, 0) is 30.3 Å². The van der Waals surface area contributed by atoms with E-state index < -0.39 is 0 Å². The number of methoxy groups -OCH3 is 1. The van der Waals surface area contributed by atoms with Crippen molar-refractivity contribution in [3.05, 3.63) is 58.9 Å². The summed E-state index contributed by atoms with van der Waals surface area (Å²) < 4.78 is 5.01. The van der Waals surface area contributed by atoms with Crippen LogP contribution in [0.4, 0.5) is 0 Å². The van der Waals surface area contributed by atoms with Gasteiger partial charge in [-0.3, -0.25) is 14.6 Å². The third-order valence-corrected chi connectivity index (χ3v) is 3.07. The fourth-order valence-corrected chi connectivity index (χ4v) is 1.98. The first-order valence-electron chi connectivity index (χ1n) is 5.92. The fourth-order valence-electron chi connectivity index (χ4n) is 1.72. The Balaban J connectivity index is 2.13. The Labute approximate surface area is 121 Å². The molecule has 20 heavy (non-hydrogen) atoms. The van der Waals surface area contributed by atoms with Crippen LogP contribution in [-0.2, 0) is 0 Å². The lowest BCUT2D eigenvalue weighted by atomic mass is 10.0. The first-order valence-corrected chi connectivity index (χ1v) is 6.29. The van der Waals surface area contributed by atoms with Gasteiger partial charge in [0.05, 0.1) is 18.6 Å². The van der Waals surface area contributed by atoms with Crippen molar-refractivity contribution in [3.63, 3.8) is 0 Å². The maximum atomic E-state index is 12.0. The molecular formula is C15H12ClNO3. The van der Waals surface area contributed by atoms with Gasteiger partial charge in [0.1, 0.15) is 5.75 Å². The summed E-state index contributed by atoms with van der Waals surface area (Å²) in [4.78, 5) is 27.8. The van der Waals surface area contributed by atoms with Gasteiger partial charge in [-0.1, -0.05) is 11.6 Å². The highest BCUT2D eigenvalue weighted by molar-refractivity contribution is 6.32. The molecular weight excluding hydrogens is 278 g/mol. The van der Waals surface area contributed by atoms with Crippen LogP contribution in [0, 0.1) is 0 Å². The second-order valence-corrected chi connectivity index (χ2v) is 4.52. The van der Waals surface area contributed by atoms with Crippen molar-refractivity contribution < 1.29 is 14.3 Å². The third kappa shape index (κ3) is 3.22. The minimum absolute atomic E-state index is 0.214. The van der Waals surface area contributed by atoms with Gasteiger partial charge >= 0.3 is 0 Å². The molecule has 0 radical (unpaired) electrons. The molecule has 4 nitrogen and oxygen atoms in total. The van der Waals surface area contributed by atoms with Gasteiger partial charge in [-0.25, -0.2) is 0 Å². The van der Waals surface area contributed by atoms with E-state index in [2.05, 4.69) is 4.98 Å². The molecule has 0 aliphatic carbocycles. The van der Waals surface area contributed by atoms with Crippen molar-refractivity contribution >= 4 is 23.2 Å². The van der Waals surface area contributed by atoms with E-state index in [4.69, 9.17) is 16.3 Å². The van der Waals surface area contributed by atoms with E-state index in [1.807, 2.05) is 0 Å². The van der Waals surface area contributed by atoms with Gasteiger partial charge in [0, 0.05) is 23.5 Å². The zero-order valence-electron chi connectivity index (χ0n) is 10.8. The number of Topliss-reactive ketones (excluding diaryl/α,β-unsaturated/α-hetero) is 2. The molecule has 1 heterocycles. The van der Waals surface area contributed by atoms with Crippen LogP contribution >= 0.6 is 11.6 Å². The molecule has 0 unspecified atom stereocenters. The predicted octanol–water partition coefficient (Wildman–Crippen LogP) is 3.20. The number of aromatic nitrogens is 1. The fraction of sp³-hybridized carbons (Fsp3) is 0.133. The number of nitrogens with zero attached hydrogens (tertiary/aromatic N) is 1. The second-order valence-electron chi connectivity index (χ2n) is 4.11. The van der Waals surface area contributed by atoms with Crippen LogP contribution in [0.2, 0.25) is 5.02 Å². The number of ether oxygens (including phenoxy) is 1. The van der Waals surface area contributed by atoms with Crippen molar-refractivity contribution in [1.29, 1.82) is 0 Å². The minimum atomic E-state index is -0.289. The standard InChI is InChI=1S/C15H12ClNO3/c1-20-15-5-4-10(7-12(15)16)13(18)8-14(19)11-3-2-6-17-9-11/h2-7,9H,8H2,1H3. The summed E-state index contributed by atoms with van der Waals surface area (Å²) >= 11 is 5.96. The van der Waals surface area contributed by atoms with Crippen LogP contribution < -0.4 is 4.74 Å². The van der Waals surface area contributed by atoms with E-state index in [1.165, 1.54) is 19.4 Å². The summed E-state index contributed by atoms with van der Waals surface area (Å²) in [5, 5.41) is 0.340. The lowest BCUT2D eigenvalue weighted by Crippen LogP contribution is -2.09. The van der Waals surface area contributed by atoms with E-state index >= 15 is 0 Å². The lowest BCUT2D eigenvalue weighted by Gasteiger charge is -2.05. The highest BCUT2D eigenvalue weighted by Crippen LogP contribution is 2.25. The molecule has 2 aromatic rings. The van der Waals surface area contributed by atoms with E-state index in [-0.39, 0.29) is 18.0 Å². The van der Waals surface area contributed by atoms with Gasteiger partial charge in [-0.2, -0.15) is 0 Å². The third-order valence-electron chi connectivity index (χ3n) is 2.78. The number of rotatable bonds is 5. The van der Waals surface area contributed by atoms with Crippen LogP contribution in [0.25, 0.3) is 0 Å². The van der Waals surface area contributed by atoms with E-state index in [1.54, 1.807) is 30.5 Å². The van der Waals surface area contributed by atoms with Crippen molar-refractivity contribution in [2.24, 2.45) is 0 Å². The summed E-state index contributed by atoms with van der Waals surface area (Å²) in [5.41, 5.74) is 0.800. The Morgan fingerprint density at radius 1 is 1.20 bits per heavy atom. The Morgan fingerprint density at radius 2 is 1.95 bits per heavy atom. The van der Waals surface area contributed by atoms with Crippen molar-refractivity contribution in [3.8, 4) is 5.75 Å². The highest BCUT2D eigenvalue weighted by Gasteiger charge is 2.15. The molecule has 0 atom stereocenters. The molecule has 0 bridgehead atoms. The van der Waals surface area contributed by atoms with Crippen LogP contribution in [0.5, 0.6) is 5.75 Å². The number of halogens is 1. The molecule has 1 aromatic heterocycles. The number of pyridine rings is 1. The lowest BCUT2D eigenvalue weighted by molar-refractivity contribution is 0.0894. The molecule has 0 amide bonds. The average Bonchev–Trinajstić information content (AvgIpc) is 2.48. The van der Waals surface area contributed by atoms with Gasteiger partial charge in [-0.15, -0.1) is 0 Å². The molecule has 0 aliphatic rings. The number of hydrogen-bond donors (Lipinski definition) is 0. The highest BCUT2D eigenvalue weighted by atomic mass is 35.5. The quantitative estimate of drug-likeness (QED) is 0.626. The van der Waals surface area contributed by atoms with E-state index in [0.717, 1.165) is 0 Å². The van der Waals surface area contributed by atoms with E-state index in [0.29, 0.717) is 21.9 Å². The number of hydrogen-bond acceptors (Lipinski definition) is 4. The molecule has 2 rings (SSSR count). The molecule has 1 aromatic carbocycles. The normalized spacial score (nSPS) is 10.1. The van der Waals surface area contributed by atoms with E-state index in [9.17, 15) is 9.59 Å². The Morgan fingerprint density at radius 3 is 2.55 bits per heavy atom. The maximum absolute atomic E-state index is 12.0. The number of carbonyl (C=O) groups excluding carboxylic acids is 2. The number of benzene rings is 1. The Hall–Kier alpha value is -2.20. The van der Waals surface area contributed by atoms with Crippen LogP contribution in [-0.4, -0.2) is 23.7 Å². The molecule has 0 saturated carbocycles. The molecule has 0 fully saturated rings. The summed E-state index contributed by atoms with van der Waals surface area (Å²) in [6, 6.07) is 7.97. The van der Waals surface area contributed by atoms with Crippen molar-refractivity contribution in [1.82, 2.24) is 4.98 Å². The number of ketones is 2. The summed E-state index contributed by atoms with van der Waals surface area (Å²) in [6.07, 6.45) is 2.80. The average molecular weight is 290 g/mol. The van der Waals surface area contributed by atoms with Crippen LogP contribution in [0.15, 0.2) is 42.7 Å². The maximum Gasteiger partial charge on any atom is 0.172 e. The van der Waals surface area contributed by atoms with Crippen molar-refractivity contribution in [2.45, 2.75) is 6.42 Å². The summed E-state index contributed by atoms with van der Waals surface area (Å²) in [5.74, 6) is -0.0692. The summed E-state index contributed by atoms with van der Waals surface area (Å²) in [7, 11) is 1.49. The van der Waals surface area contributed by atoms with Crippen LogP contribution in [0.1, 0.15) is 27.1 Å².